The highest BCUT2D eigenvalue weighted by Gasteiger charge is 2.12. The van der Waals surface area contributed by atoms with Crippen molar-refractivity contribution < 1.29 is 0 Å². The van der Waals surface area contributed by atoms with E-state index in [1.165, 1.54) is 12.8 Å². The van der Waals surface area contributed by atoms with Crippen LogP contribution in [0.5, 0.6) is 0 Å². The Hall–Kier alpha value is 0.250. The van der Waals surface area contributed by atoms with Gasteiger partial charge >= 0.3 is 0 Å². The van der Waals surface area contributed by atoms with Gasteiger partial charge in [0.2, 0.25) is 0 Å². The van der Waals surface area contributed by atoms with Crippen LogP contribution in [0, 0.1) is 5.92 Å². The molecule has 52 valence electrons. The van der Waals surface area contributed by atoms with E-state index in [0.717, 1.165) is 5.92 Å². The zero-order valence-corrected chi connectivity index (χ0v) is 6.72. The van der Waals surface area contributed by atoms with Crippen LogP contribution in [0.1, 0.15) is 19.8 Å². The second-order valence-electron chi connectivity index (χ2n) is 2.18. The number of hydrogen-bond donors (Lipinski definition) is 1. The van der Waals surface area contributed by atoms with Crippen LogP contribution in [-0.4, -0.2) is 14.1 Å². The Bertz CT molecular complexity index is 35.5. The van der Waals surface area contributed by atoms with Gasteiger partial charge in [-0.1, -0.05) is 19.8 Å². The van der Waals surface area contributed by atoms with Crippen molar-refractivity contribution in [3.63, 3.8) is 0 Å². The molecule has 1 nitrogen and oxygen atoms in total. The Balaban J connectivity index is 0. The highest BCUT2D eigenvalue weighted by atomic mass is 35.5. The lowest BCUT2D eigenvalue weighted by Gasteiger charge is -1.59. The van der Waals surface area contributed by atoms with Crippen LogP contribution in [0.15, 0.2) is 0 Å². The minimum atomic E-state index is 0. The average Bonchev–Trinajstić information content (AvgIpc) is 2.25. The lowest BCUT2D eigenvalue weighted by molar-refractivity contribution is 0.983. The van der Waals surface area contributed by atoms with Gasteiger partial charge in [0.05, 0.1) is 0 Å². The van der Waals surface area contributed by atoms with Crippen molar-refractivity contribution in [2.45, 2.75) is 19.8 Å². The van der Waals surface area contributed by atoms with E-state index in [1.54, 1.807) is 0 Å². The standard InChI is InChI=1S/C4H8.C2H7N.ClH/c1-4-2-3-4;1-3-2;/h4H,2-3H2,1H3;3H,1-2H3;1H. The smallest absolute Gasteiger partial charge is 0.0167 e. The maximum Gasteiger partial charge on any atom is -0.0167 e. The molecule has 0 atom stereocenters. The third-order valence-electron chi connectivity index (χ3n) is 0.866. The molecule has 0 unspecified atom stereocenters. The van der Waals surface area contributed by atoms with E-state index in [9.17, 15) is 0 Å². The van der Waals surface area contributed by atoms with Gasteiger partial charge in [-0.2, -0.15) is 0 Å². The highest BCUT2D eigenvalue weighted by molar-refractivity contribution is 5.85. The first-order chi connectivity index (χ1) is 3.31. The van der Waals surface area contributed by atoms with Crippen molar-refractivity contribution in [2.24, 2.45) is 5.92 Å². The molecule has 0 aromatic carbocycles. The highest BCUT2D eigenvalue weighted by Crippen LogP contribution is 2.26. The normalized spacial score (nSPS) is 15.4. The van der Waals surface area contributed by atoms with Gasteiger partial charge in [0, 0.05) is 0 Å². The maximum absolute atomic E-state index is 2.75. The first-order valence-corrected chi connectivity index (χ1v) is 2.89. The molecule has 0 aliphatic heterocycles. The second kappa shape index (κ2) is 7.25. The largest absolute Gasteiger partial charge is 0.323 e. The van der Waals surface area contributed by atoms with Crippen molar-refractivity contribution in [2.75, 3.05) is 14.1 Å². The predicted molar refractivity (Wildman–Crippen MR) is 40.6 cm³/mol. The van der Waals surface area contributed by atoms with Gasteiger partial charge in [0.25, 0.3) is 0 Å². The molecule has 1 N–H and O–H groups in total. The fraction of sp³-hybridized carbons (Fsp3) is 1.00. The van der Waals surface area contributed by atoms with Crippen molar-refractivity contribution in [3.05, 3.63) is 0 Å². The first kappa shape index (κ1) is 11.1. The van der Waals surface area contributed by atoms with E-state index in [4.69, 9.17) is 0 Å². The van der Waals surface area contributed by atoms with Gasteiger partial charge < -0.3 is 5.32 Å². The van der Waals surface area contributed by atoms with Crippen LogP contribution in [0.25, 0.3) is 0 Å². The number of nitrogens with one attached hydrogen (secondary N) is 1. The van der Waals surface area contributed by atoms with E-state index in [2.05, 4.69) is 12.2 Å². The van der Waals surface area contributed by atoms with Crippen molar-refractivity contribution in [1.82, 2.24) is 5.32 Å². The molecule has 1 aliphatic carbocycles. The van der Waals surface area contributed by atoms with Crippen LogP contribution in [0.2, 0.25) is 0 Å². The summed E-state index contributed by atoms with van der Waals surface area (Å²) in [6, 6.07) is 0. The monoisotopic (exact) mass is 137 g/mol. The van der Waals surface area contributed by atoms with E-state index in [0.29, 0.717) is 0 Å². The summed E-state index contributed by atoms with van der Waals surface area (Å²) in [6.45, 7) is 2.28. The molecular weight excluding hydrogens is 122 g/mol. The molecule has 1 aliphatic rings. The quantitative estimate of drug-likeness (QED) is 0.536. The fourth-order valence-corrected chi connectivity index (χ4v) is 0.167. The molecular formula is C6H16ClN. The molecule has 0 aromatic heterocycles. The van der Waals surface area contributed by atoms with E-state index in [1.807, 2.05) is 14.1 Å². The topological polar surface area (TPSA) is 12.0 Å². The van der Waals surface area contributed by atoms with Crippen molar-refractivity contribution >= 4 is 12.4 Å². The van der Waals surface area contributed by atoms with E-state index < -0.39 is 0 Å². The third-order valence-corrected chi connectivity index (χ3v) is 0.866. The molecule has 0 amide bonds. The Labute approximate surface area is 58.3 Å². The third kappa shape index (κ3) is 16.3. The van der Waals surface area contributed by atoms with E-state index >= 15 is 0 Å². The molecule has 8 heavy (non-hydrogen) atoms. The Morgan fingerprint density at radius 1 is 1.25 bits per heavy atom. The molecule has 2 heteroatoms. The number of hydrogen-bond acceptors (Lipinski definition) is 1. The van der Waals surface area contributed by atoms with Gasteiger partial charge in [0.15, 0.2) is 0 Å². The van der Waals surface area contributed by atoms with Crippen LogP contribution in [0.3, 0.4) is 0 Å². The Kier molecular flexibility index (Phi) is 10.1. The van der Waals surface area contributed by atoms with Crippen LogP contribution in [0.4, 0.5) is 0 Å². The van der Waals surface area contributed by atoms with Crippen molar-refractivity contribution in [3.8, 4) is 0 Å². The fourth-order valence-electron chi connectivity index (χ4n) is 0.167. The summed E-state index contributed by atoms with van der Waals surface area (Å²) in [7, 11) is 3.75. The van der Waals surface area contributed by atoms with Gasteiger partial charge in [0.1, 0.15) is 0 Å². The molecule has 0 saturated heterocycles. The minimum Gasteiger partial charge on any atom is -0.323 e. The second-order valence-corrected chi connectivity index (χ2v) is 2.18. The number of rotatable bonds is 0. The summed E-state index contributed by atoms with van der Waals surface area (Å²) in [6.07, 6.45) is 2.97. The summed E-state index contributed by atoms with van der Waals surface area (Å²) < 4.78 is 0. The summed E-state index contributed by atoms with van der Waals surface area (Å²) in [5.41, 5.74) is 0. The van der Waals surface area contributed by atoms with Gasteiger partial charge in [-0.3, -0.25) is 0 Å². The summed E-state index contributed by atoms with van der Waals surface area (Å²) >= 11 is 0. The Morgan fingerprint density at radius 3 is 1.38 bits per heavy atom. The SMILES string of the molecule is CC1CC1.CNC.Cl. The van der Waals surface area contributed by atoms with E-state index in [-0.39, 0.29) is 12.4 Å². The molecule has 0 radical (unpaired) electrons. The van der Waals surface area contributed by atoms with Gasteiger partial charge in [-0.15, -0.1) is 12.4 Å². The van der Waals surface area contributed by atoms with Gasteiger partial charge in [-0.05, 0) is 20.0 Å². The van der Waals surface area contributed by atoms with Crippen LogP contribution >= 0.6 is 12.4 Å². The summed E-state index contributed by atoms with van der Waals surface area (Å²) in [5, 5.41) is 2.75. The molecule has 1 rings (SSSR count). The first-order valence-electron chi connectivity index (χ1n) is 2.89. The van der Waals surface area contributed by atoms with Gasteiger partial charge in [-0.25, -0.2) is 0 Å². The molecule has 1 fully saturated rings. The lowest BCUT2D eigenvalue weighted by atomic mass is 10.5. The zero-order chi connectivity index (χ0) is 5.70. The lowest BCUT2D eigenvalue weighted by Crippen LogP contribution is -1.89. The summed E-state index contributed by atoms with van der Waals surface area (Å²) in [5.74, 6) is 1.08. The van der Waals surface area contributed by atoms with Crippen LogP contribution < -0.4 is 5.32 Å². The maximum atomic E-state index is 2.75. The van der Waals surface area contributed by atoms with Crippen LogP contribution in [-0.2, 0) is 0 Å². The molecule has 0 aromatic rings. The Morgan fingerprint density at radius 2 is 1.38 bits per heavy atom. The predicted octanol–water partition coefficient (Wildman–Crippen LogP) is 1.67. The number of halogens is 1. The molecule has 0 spiro atoms. The summed E-state index contributed by atoms with van der Waals surface area (Å²) in [4.78, 5) is 0. The molecule has 1 saturated carbocycles. The average molecular weight is 138 g/mol. The van der Waals surface area contributed by atoms with Crippen molar-refractivity contribution in [1.29, 1.82) is 0 Å². The zero-order valence-electron chi connectivity index (χ0n) is 5.90. The molecule has 0 heterocycles. The molecule has 0 bridgehead atoms. The minimum absolute atomic E-state index is 0.